The smallest absolute Gasteiger partial charge is 0.338 e. The topological polar surface area (TPSA) is 116 Å². The van der Waals surface area contributed by atoms with E-state index in [1.165, 1.54) is 23.1 Å². The maximum atomic E-state index is 12.0. The van der Waals surface area contributed by atoms with Crippen LogP contribution >= 0.6 is 0 Å². The van der Waals surface area contributed by atoms with Crippen LogP contribution in [0, 0.1) is 0 Å². The quantitative estimate of drug-likeness (QED) is 0.675. The van der Waals surface area contributed by atoms with E-state index in [0.29, 0.717) is 11.3 Å². The highest BCUT2D eigenvalue weighted by Crippen LogP contribution is 2.09. The molecule has 1 N–H and O–H groups in total. The van der Waals surface area contributed by atoms with E-state index in [-0.39, 0.29) is 5.56 Å². The Morgan fingerprint density at radius 2 is 1.69 bits per heavy atom. The van der Waals surface area contributed by atoms with Crippen molar-refractivity contribution in [1.29, 1.82) is 0 Å². The number of imide groups is 1. The van der Waals surface area contributed by atoms with E-state index in [1.807, 2.05) is 0 Å². The molecule has 0 bridgehead atoms. The summed E-state index contributed by atoms with van der Waals surface area (Å²) in [4.78, 5) is 35.5. The van der Waals surface area contributed by atoms with Gasteiger partial charge in [-0.3, -0.25) is 14.9 Å². The second-order valence-corrected chi connectivity index (χ2v) is 5.12. The van der Waals surface area contributed by atoms with Crippen LogP contribution in [0.25, 0.3) is 5.69 Å². The average molecular weight is 351 g/mol. The molecule has 0 saturated carbocycles. The summed E-state index contributed by atoms with van der Waals surface area (Å²) in [7, 11) is 0. The predicted molar refractivity (Wildman–Crippen MR) is 88.4 cm³/mol. The van der Waals surface area contributed by atoms with E-state index >= 15 is 0 Å². The van der Waals surface area contributed by atoms with Crippen molar-refractivity contribution in [2.75, 3.05) is 6.61 Å². The van der Waals surface area contributed by atoms with E-state index < -0.39 is 24.4 Å². The van der Waals surface area contributed by atoms with E-state index in [2.05, 4.69) is 20.8 Å². The van der Waals surface area contributed by atoms with Crippen LogP contribution in [0.5, 0.6) is 0 Å². The molecule has 0 saturated heterocycles. The van der Waals surface area contributed by atoms with E-state index in [1.54, 1.807) is 42.5 Å². The Kier molecular flexibility index (Phi) is 5.08. The summed E-state index contributed by atoms with van der Waals surface area (Å²) in [6.07, 6.45) is 1.42. The van der Waals surface area contributed by atoms with Crippen molar-refractivity contribution in [3.63, 3.8) is 0 Å². The highest BCUT2D eigenvalue weighted by molar-refractivity contribution is 6.05. The molecule has 2 aromatic carbocycles. The normalized spacial score (nSPS) is 10.2. The molecule has 0 aliphatic carbocycles. The third-order valence-electron chi connectivity index (χ3n) is 3.34. The van der Waals surface area contributed by atoms with Crippen molar-refractivity contribution in [2.45, 2.75) is 0 Å². The van der Waals surface area contributed by atoms with Gasteiger partial charge in [-0.2, -0.15) is 0 Å². The number of aromatic nitrogens is 4. The van der Waals surface area contributed by atoms with Gasteiger partial charge in [-0.15, -0.1) is 5.10 Å². The highest BCUT2D eigenvalue weighted by Gasteiger charge is 2.13. The number of tetrazole rings is 1. The Bertz CT molecular complexity index is 908. The van der Waals surface area contributed by atoms with Crippen molar-refractivity contribution in [3.8, 4) is 5.69 Å². The summed E-state index contributed by atoms with van der Waals surface area (Å²) >= 11 is 0. The largest absolute Gasteiger partial charge is 0.452 e. The number of rotatable bonds is 5. The first-order valence-electron chi connectivity index (χ1n) is 7.53. The average Bonchev–Trinajstić information content (AvgIpc) is 3.21. The number of ether oxygens (including phenoxy) is 1. The maximum Gasteiger partial charge on any atom is 0.338 e. The van der Waals surface area contributed by atoms with Gasteiger partial charge in [-0.1, -0.05) is 18.2 Å². The maximum absolute atomic E-state index is 12.0. The Morgan fingerprint density at radius 1 is 0.962 bits per heavy atom. The minimum absolute atomic E-state index is 0.254. The molecule has 9 nitrogen and oxygen atoms in total. The van der Waals surface area contributed by atoms with Gasteiger partial charge in [0.1, 0.15) is 6.33 Å². The summed E-state index contributed by atoms with van der Waals surface area (Å²) < 4.78 is 6.34. The minimum Gasteiger partial charge on any atom is -0.452 e. The van der Waals surface area contributed by atoms with Crippen molar-refractivity contribution in [3.05, 3.63) is 72.1 Å². The molecule has 0 aliphatic heterocycles. The first kappa shape index (κ1) is 17.0. The molecule has 0 atom stereocenters. The molecule has 0 spiro atoms. The second-order valence-electron chi connectivity index (χ2n) is 5.12. The Labute approximate surface area is 147 Å². The third kappa shape index (κ3) is 4.15. The predicted octanol–water partition coefficient (Wildman–Crippen LogP) is 0.776. The lowest BCUT2D eigenvalue weighted by molar-refractivity contribution is -0.123. The summed E-state index contributed by atoms with van der Waals surface area (Å²) in [6, 6.07) is 14.6. The van der Waals surface area contributed by atoms with Crippen molar-refractivity contribution < 1.29 is 19.1 Å². The molecule has 0 fully saturated rings. The van der Waals surface area contributed by atoms with Gasteiger partial charge in [-0.05, 0) is 46.8 Å². The van der Waals surface area contributed by atoms with E-state index in [4.69, 9.17) is 4.74 Å². The molecule has 26 heavy (non-hydrogen) atoms. The molecule has 0 radical (unpaired) electrons. The molecule has 1 aromatic heterocycles. The van der Waals surface area contributed by atoms with Crippen LogP contribution in [-0.2, 0) is 9.53 Å². The van der Waals surface area contributed by atoms with Gasteiger partial charge in [0.05, 0.1) is 11.3 Å². The first-order valence-corrected chi connectivity index (χ1v) is 7.53. The zero-order valence-corrected chi connectivity index (χ0v) is 13.4. The molecule has 130 valence electrons. The first-order chi connectivity index (χ1) is 12.6. The molecule has 0 aliphatic rings. The number of nitrogens with zero attached hydrogens (tertiary/aromatic N) is 4. The van der Waals surface area contributed by atoms with Crippen LogP contribution < -0.4 is 5.32 Å². The molecular formula is C17H13N5O4. The number of carbonyl (C=O) groups is 3. The van der Waals surface area contributed by atoms with Gasteiger partial charge in [0.2, 0.25) is 0 Å². The summed E-state index contributed by atoms with van der Waals surface area (Å²) in [5, 5.41) is 12.9. The van der Waals surface area contributed by atoms with Crippen molar-refractivity contribution >= 4 is 17.8 Å². The molecule has 1 heterocycles. The fourth-order valence-electron chi connectivity index (χ4n) is 2.07. The number of hydrogen-bond donors (Lipinski definition) is 1. The van der Waals surface area contributed by atoms with Crippen LogP contribution in [0.2, 0.25) is 0 Å². The molecule has 9 heteroatoms. The number of esters is 1. The number of amides is 2. The second kappa shape index (κ2) is 7.79. The number of benzene rings is 2. The minimum atomic E-state index is -0.711. The van der Waals surface area contributed by atoms with Gasteiger partial charge >= 0.3 is 5.97 Å². The monoisotopic (exact) mass is 351 g/mol. The molecule has 2 amide bonds. The fourth-order valence-corrected chi connectivity index (χ4v) is 2.07. The van der Waals surface area contributed by atoms with Gasteiger partial charge in [0, 0.05) is 5.56 Å². The standard InChI is InChI=1S/C17H13N5O4/c23-15(19-16(24)12-4-2-1-3-5-12)10-26-17(25)13-6-8-14(9-7-13)22-11-18-20-21-22/h1-9,11H,10H2,(H,19,23,24). The summed E-state index contributed by atoms with van der Waals surface area (Å²) in [6.45, 7) is -0.563. The van der Waals surface area contributed by atoms with Crippen molar-refractivity contribution in [2.24, 2.45) is 0 Å². The van der Waals surface area contributed by atoms with Crippen LogP contribution in [0.4, 0.5) is 0 Å². The van der Waals surface area contributed by atoms with Crippen LogP contribution in [0.1, 0.15) is 20.7 Å². The lowest BCUT2D eigenvalue weighted by Crippen LogP contribution is -2.34. The Balaban J connectivity index is 1.52. The molecule has 3 aromatic rings. The zero-order chi connectivity index (χ0) is 18.4. The van der Waals surface area contributed by atoms with Crippen LogP contribution in [0.15, 0.2) is 60.9 Å². The third-order valence-corrected chi connectivity index (χ3v) is 3.34. The van der Waals surface area contributed by atoms with Crippen LogP contribution in [0.3, 0.4) is 0 Å². The van der Waals surface area contributed by atoms with Crippen LogP contribution in [-0.4, -0.2) is 44.6 Å². The molecule has 3 rings (SSSR count). The van der Waals surface area contributed by atoms with Gasteiger partial charge < -0.3 is 4.74 Å². The van der Waals surface area contributed by atoms with E-state index in [9.17, 15) is 14.4 Å². The lowest BCUT2D eigenvalue weighted by Gasteiger charge is -2.06. The number of hydrogen-bond acceptors (Lipinski definition) is 7. The Morgan fingerprint density at radius 3 is 2.35 bits per heavy atom. The van der Waals surface area contributed by atoms with Crippen molar-refractivity contribution in [1.82, 2.24) is 25.5 Å². The number of carbonyl (C=O) groups excluding carboxylic acids is 3. The summed E-state index contributed by atoms with van der Waals surface area (Å²) in [5.41, 5.74) is 1.26. The van der Waals surface area contributed by atoms with E-state index in [0.717, 1.165) is 0 Å². The number of nitrogens with one attached hydrogen (secondary N) is 1. The van der Waals surface area contributed by atoms with Gasteiger partial charge in [-0.25, -0.2) is 9.48 Å². The van der Waals surface area contributed by atoms with Gasteiger partial charge in [0.15, 0.2) is 6.61 Å². The highest BCUT2D eigenvalue weighted by atomic mass is 16.5. The zero-order valence-electron chi connectivity index (χ0n) is 13.4. The SMILES string of the molecule is O=C(COC(=O)c1ccc(-n2cnnn2)cc1)NC(=O)c1ccccc1. The van der Waals surface area contributed by atoms with Gasteiger partial charge in [0.25, 0.3) is 11.8 Å². The fraction of sp³-hybridized carbons (Fsp3) is 0.0588. The lowest BCUT2D eigenvalue weighted by atomic mass is 10.2. The molecule has 0 unspecified atom stereocenters. The summed E-state index contributed by atoms with van der Waals surface area (Å²) in [5.74, 6) is -1.95. The Hall–Kier alpha value is -3.88. The molecular weight excluding hydrogens is 338 g/mol.